The molecule has 1 aliphatic rings. The van der Waals surface area contributed by atoms with Crippen LogP contribution in [0.3, 0.4) is 0 Å². The summed E-state index contributed by atoms with van der Waals surface area (Å²) in [6.45, 7) is 0.279. The molecule has 2 aromatic rings. The Morgan fingerprint density at radius 1 is 1.42 bits per heavy atom. The van der Waals surface area contributed by atoms with Crippen molar-refractivity contribution < 1.29 is 14.2 Å². The van der Waals surface area contributed by atoms with Gasteiger partial charge in [-0.2, -0.15) is 5.26 Å². The zero-order chi connectivity index (χ0) is 16.8. The number of thiocarbonyl (C=S) groups is 1. The van der Waals surface area contributed by atoms with E-state index in [0.717, 1.165) is 5.56 Å². The van der Waals surface area contributed by atoms with Crippen molar-refractivity contribution in [2.75, 3.05) is 6.61 Å². The number of imidazole rings is 1. The van der Waals surface area contributed by atoms with Gasteiger partial charge in [-0.3, -0.25) is 0 Å². The van der Waals surface area contributed by atoms with Crippen LogP contribution in [0.5, 0.6) is 0 Å². The summed E-state index contributed by atoms with van der Waals surface area (Å²) in [6, 6.07) is 11.6. The van der Waals surface area contributed by atoms with Gasteiger partial charge in [0.2, 0.25) is 5.05 Å². The fourth-order valence-electron chi connectivity index (χ4n) is 2.31. The van der Waals surface area contributed by atoms with Crippen LogP contribution >= 0.6 is 12.2 Å². The number of benzene rings is 1. The Bertz CT molecular complexity index is 740. The van der Waals surface area contributed by atoms with Crippen molar-refractivity contribution in [2.24, 2.45) is 0 Å². The van der Waals surface area contributed by atoms with Gasteiger partial charge in [0.15, 0.2) is 18.2 Å². The number of H-pyrrole nitrogens is 1. The van der Waals surface area contributed by atoms with Gasteiger partial charge in [0.1, 0.15) is 6.10 Å². The molecule has 0 amide bonds. The molecule has 0 bridgehead atoms. The second-order valence-corrected chi connectivity index (χ2v) is 5.42. The van der Waals surface area contributed by atoms with Crippen molar-refractivity contribution in [3.8, 4) is 6.07 Å². The van der Waals surface area contributed by atoms with Gasteiger partial charge in [0.25, 0.3) is 0 Å². The Morgan fingerprint density at radius 3 is 2.96 bits per heavy atom. The molecule has 3 rings (SSSR count). The lowest BCUT2D eigenvalue weighted by atomic mass is 10.1. The molecular formula is C17H15N3O3S. The highest BCUT2D eigenvalue weighted by atomic mass is 32.1. The first-order valence-corrected chi connectivity index (χ1v) is 7.77. The molecule has 0 spiro atoms. The summed E-state index contributed by atoms with van der Waals surface area (Å²) < 4.78 is 17.4. The third-order valence-electron chi connectivity index (χ3n) is 3.44. The molecule has 3 atom stereocenters. The van der Waals surface area contributed by atoms with Gasteiger partial charge >= 0.3 is 0 Å². The third-order valence-corrected chi connectivity index (χ3v) is 3.73. The number of nitrogens with zero attached hydrogens (tertiary/aromatic N) is 2. The predicted molar refractivity (Wildman–Crippen MR) is 89.9 cm³/mol. The Labute approximate surface area is 144 Å². The number of rotatable bonds is 4. The highest BCUT2D eigenvalue weighted by Gasteiger charge is 2.33. The Morgan fingerprint density at radius 2 is 2.25 bits per heavy atom. The molecule has 1 aromatic carbocycles. The van der Waals surface area contributed by atoms with Crippen molar-refractivity contribution in [1.82, 2.24) is 9.97 Å². The summed E-state index contributed by atoms with van der Waals surface area (Å²) in [7, 11) is 0. The Kier molecular flexibility index (Phi) is 5.33. The molecule has 1 aliphatic heterocycles. The van der Waals surface area contributed by atoms with Gasteiger partial charge in [-0.15, -0.1) is 0 Å². The molecule has 24 heavy (non-hydrogen) atoms. The van der Waals surface area contributed by atoms with Crippen LogP contribution in [0.1, 0.15) is 17.7 Å². The molecular weight excluding hydrogens is 326 g/mol. The summed E-state index contributed by atoms with van der Waals surface area (Å²) in [5, 5.41) is 9.02. The molecule has 0 unspecified atom stereocenters. The third kappa shape index (κ3) is 3.86. The minimum absolute atomic E-state index is 0.228. The maximum Gasteiger partial charge on any atom is 0.228 e. The highest BCUT2D eigenvalue weighted by Crippen LogP contribution is 2.28. The standard InChI is InChI=1S/C17H15N3O3S/c18-8-4-7-13-14(23-17(24)15-19-9-10-20-15)11-21-16(22-13)12-5-2-1-3-6-12/h1-7,9-10,13-14,16H,11H2,(H,19,20)/b7-4-/t13-,14+,16+/m0/s1. The molecule has 1 fully saturated rings. The van der Waals surface area contributed by atoms with E-state index in [9.17, 15) is 0 Å². The predicted octanol–water partition coefficient (Wildman–Crippen LogP) is 2.66. The smallest absolute Gasteiger partial charge is 0.228 e. The van der Waals surface area contributed by atoms with Crippen LogP contribution in [0.25, 0.3) is 0 Å². The van der Waals surface area contributed by atoms with Crippen molar-refractivity contribution in [2.45, 2.75) is 18.5 Å². The molecule has 7 heteroatoms. The van der Waals surface area contributed by atoms with Gasteiger partial charge < -0.3 is 19.2 Å². The normalized spacial score (nSPS) is 23.7. The van der Waals surface area contributed by atoms with Gasteiger partial charge in [0.05, 0.1) is 12.7 Å². The van der Waals surface area contributed by atoms with E-state index in [1.165, 1.54) is 6.08 Å². The lowest BCUT2D eigenvalue weighted by Crippen LogP contribution is -2.42. The summed E-state index contributed by atoms with van der Waals surface area (Å²) in [5.74, 6) is 0.471. The zero-order valence-electron chi connectivity index (χ0n) is 12.7. The Hall–Kier alpha value is -2.53. The first kappa shape index (κ1) is 16.3. The van der Waals surface area contributed by atoms with E-state index >= 15 is 0 Å². The number of hydrogen-bond acceptors (Lipinski definition) is 6. The fraction of sp³-hybridized carbons (Fsp3) is 0.235. The number of allylic oxidation sites excluding steroid dienone is 1. The minimum atomic E-state index is -0.517. The first-order valence-electron chi connectivity index (χ1n) is 7.36. The summed E-state index contributed by atoms with van der Waals surface area (Å²) in [5.41, 5.74) is 0.903. The average Bonchev–Trinajstić information content (AvgIpc) is 3.16. The van der Waals surface area contributed by atoms with Gasteiger partial charge in [0, 0.05) is 24.0 Å². The van der Waals surface area contributed by atoms with Crippen LogP contribution < -0.4 is 0 Å². The van der Waals surface area contributed by atoms with Gasteiger partial charge in [-0.05, 0) is 18.3 Å². The van der Waals surface area contributed by atoms with Crippen LogP contribution in [0.15, 0.2) is 54.9 Å². The van der Waals surface area contributed by atoms with Crippen LogP contribution in [-0.2, 0) is 14.2 Å². The summed E-state index contributed by atoms with van der Waals surface area (Å²) in [4.78, 5) is 6.95. The van der Waals surface area contributed by atoms with Crippen molar-refractivity contribution >= 4 is 17.3 Å². The van der Waals surface area contributed by atoms with E-state index in [4.69, 9.17) is 31.7 Å². The summed E-state index contributed by atoms with van der Waals surface area (Å²) in [6.07, 6.45) is 4.83. The number of aromatic nitrogens is 2. The maximum absolute atomic E-state index is 8.79. The van der Waals surface area contributed by atoms with Crippen LogP contribution in [-0.4, -0.2) is 33.8 Å². The second kappa shape index (κ2) is 7.84. The maximum atomic E-state index is 8.79. The lowest BCUT2D eigenvalue weighted by molar-refractivity contribution is -0.240. The van der Waals surface area contributed by atoms with Gasteiger partial charge in [-0.1, -0.05) is 30.3 Å². The van der Waals surface area contributed by atoms with Crippen molar-refractivity contribution in [3.63, 3.8) is 0 Å². The molecule has 1 saturated heterocycles. The van der Waals surface area contributed by atoms with Crippen LogP contribution in [0.2, 0.25) is 0 Å². The first-order chi connectivity index (χ1) is 11.8. The topological polar surface area (TPSA) is 80.2 Å². The number of aromatic amines is 1. The molecule has 6 nitrogen and oxygen atoms in total. The van der Waals surface area contributed by atoms with Gasteiger partial charge in [-0.25, -0.2) is 4.98 Å². The molecule has 122 valence electrons. The fourth-order valence-corrected chi connectivity index (χ4v) is 2.55. The number of nitrogens with one attached hydrogen (secondary N) is 1. The monoisotopic (exact) mass is 341 g/mol. The van der Waals surface area contributed by atoms with E-state index in [-0.39, 0.29) is 11.7 Å². The second-order valence-electron chi connectivity index (χ2n) is 5.05. The molecule has 0 aliphatic carbocycles. The quantitative estimate of drug-likeness (QED) is 0.680. The molecule has 2 heterocycles. The van der Waals surface area contributed by atoms with E-state index < -0.39 is 18.5 Å². The van der Waals surface area contributed by atoms with E-state index in [2.05, 4.69) is 9.97 Å². The molecule has 1 N–H and O–H groups in total. The minimum Gasteiger partial charge on any atom is -0.472 e. The molecule has 0 radical (unpaired) electrons. The van der Waals surface area contributed by atoms with Crippen molar-refractivity contribution in [3.05, 3.63) is 66.3 Å². The van der Waals surface area contributed by atoms with Crippen LogP contribution in [0.4, 0.5) is 0 Å². The molecule has 0 saturated carbocycles. The lowest BCUT2D eigenvalue weighted by Gasteiger charge is -2.35. The largest absolute Gasteiger partial charge is 0.472 e. The van der Waals surface area contributed by atoms with E-state index in [1.54, 1.807) is 18.5 Å². The summed E-state index contributed by atoms with van der Waals surface area (Å²) >= 11 is 5.23. The molecule has 1 aromatic heterocycles. The van der Waals surface area contributed by atoms with E-state index in [0.29, 0.717) is 5.82 Å². The Balaban J connectivity index is 1.72. The number of hydrogen-bond donors (Lipinski definition) is 1. The van der Waals surface area contributed by atoms with E-state index in [1.807, 2.05) is 36.4 Å². The van der Waals surface area contributed by atoms with Crippen LogP contribution in [0, 0.1) is 11.3 Å². The number of nitriles is 1. The SMILES string of the molecule is N#C/C=C\[C@@H]1O[C@H](c2ccccc2)OC[C@H]1OC(=S)c1ncc[nH]1. The highest BCUT2D eigenvalue weighted by molar-refractivity contribution is 7.80. The van der Waals surface area contributed by atoms with Crippen molar-refractivity contribution in [1.29, 1.82) is 5.26 Å². The number of ether oxygens (including phenoxy) is 3. The average molecular weight is 341 g/mol. The zero-order valence-corrected chi connectivity index (χ0v) is 13.5.